The number of hydrogen-bond donors (Lipinski definition) is 1. The number of unbranched alkanes of at least 4 members (excludes halogenated alkanes) is 1. The SMILES string of the molecule is CC1CCN(CCCCNC(=NCc2ccccc2)N(C)C)CC1.I. The normalized spacial score (nSPS) is 16.4. The summed E-state index contributed by atoms with van der Waals surface area (Å²) in [5, 5.41) is 3.49. The van der Waals surface area contributed by atoms with Gasteiger partial charge in [0, 0.05) is 20.6 Å². The highest BCUT2D eigenvalue weighted by Crippen LogP contribution is 2.16. The molecule has 1 aromatic carbocycles. The van der Waals surface area contributed by atoms with Crippen LogP contribution in [0, 0.1) is 5.92 Å². The van der Waals surface area contributed by atoms with Crippen molar-refractivity contribution < 1.29 is 0 Å². The molecule has 1 aliphatic heterocycles. The molecule has 0 amide bonds. The van der Waals surface area contributed by atoms with E-state index in [2.05, 4.69) is 46.3 Å². The Morgan fingerprint density at radius 1 is 1.16 bits per heavy atom. The molecule has 25 heavy (non-hydrogen) atoms. The second-order valence-corrected chi connectivity index (χ2v) is 7.18. The third kappa shape index (κ3) is 8.90. The van der Waals surface area contributed by atoms with Crippen LogP contribution >= 0.6 is 24.0 Å². The third-order valence-corrected chi connectivity index (χ3v) is 4.74. The zero-order valence-electron chi connectivity index (χ0n) is 16.1. The molecule has 1 saturated heterocycles. The van der Waals surface area contributed by atoms with Gasteiger partial charge >= 0.3 is 0 Å². The first-order valence-electron chi connectivity index (χ1n) is 9.37. The summed E-state index contributed by atoms with van der Waals surface area (Å²) in [7, 11) is 4.09. The molecule has 0 aliphatic carbocycles. The summed E-state index contributed by atoms with van der Waals surface area (Å²) < 4.78 is 0. The van der Waals surface area contributed by atoms with Crippen LogP contribution in [0.2, 0.25) is 0 Å². The molecular formula is C20H35IN4. The van der Waals surface area contributed by atoms with E-state index in [0.717, 1.165) is 25.0 Å². The van der Waals surface area contributed by atoms with Crippen LogP contribution in [0.3, 0.4) is 0 Å². The molecule has 1 aliphatic rings. The summed E-state index contributed by atoms with van der Waals surface area (Å²) in [6, 6.07) is 10.4. The van der Waals surface area contributed by atoms with Crippen LogP contribution < -0.4 is 5.32 Å². The minimum Gasteiger partial charge on any atom is -0.356 e. The van der Waals surface area contributed by atoms with E-state index in [1.807, 2.05) is 20.2 Å². The maximum Gasteiger partial charge on any atom is 0.193 e. The van der Waals surface area contributed by atoms with Crippen LogP contribution in [-0.2, 0) is 6.54 Å². The highest BCUT2D eigenvalue weighted by atomic mass is 127. The fourth-order valence-electron chi connectivity index (χ4n) is 3.05. The monoisotopic (exact) mass is 458 g/mol. The van der Waals surface area contributed by atoms with Crippen LogP contribution in [-0.4, -0.2) is 56.0 Å². The molecular weight excluding hydrogens is 423 g/mol. The Labute approximate surface area is 171 Å². The molecule has 5 heteroatoms. The van der Waals surface area contributed by atoms with E-state index in [0.29, 0.717) is 0 Å². The molecule has 0 bridgehead atoms. The number of piperidine rings is 1. The Balaban J connectivity index is 0.00000312. The second-order valence-electron chi connectivity index (χ2n) is 7.18. The predicted molar refractivity (Wildman–Crippen MR) is 119 cm³/mol. The van der Waals surface area contributed by atoms with E-state index in [1.54, 1.807) is 0 Å². The third-order valence-electron chi connectivity index (χ3n) is 4.74. The topological polar surface area (TPSA) is 30.9 Å². The number of hydrogen-bond acceptors (Lipinski definition) is 2. The lowest BCUT2D eigenvalue weighted by molar-refractivity contribution is 0.189. The summed E-state index contributed by atoms with van der Waals surface area (Å²) >= 11 is 0. The van der Waals surface area contributed by atoms with Gasteiger partial charge in [-0.3, -0.25) is 0 Å². The molecule has 142 valence electrons. The van der Waals surface area contributed by atoms with Gasteiger partial charge in [0.2, 0.25) is 0 Å². The average molecular weight is 458 g/mol. The number of benzene rings is 1. The van der Waals surface area contributed by atoms with Gasteiger partial charge in [0.1, 0.15) is 0 Å². The summed E-state index contributed by atoms with van der Waals surface area (Å²) in [6.45, 7) is 7.92. The molecule has 0 spiro atoms. The number of rotatable bonds is 7. The van der Waals surface area contributed by atoms with Crippen LogP contribution in [0.15, 0.2) is 35.3 Å². The van der Waals surface area contributed by atoms with Crippen LogP contribution in [0.5, 0.6) is 0 Å². The number of guanidine groups is 1. The Bertz CT molecular complexity index is 482. The Kier molecular flexibility index (Phi) is 11.1. The fraction of sp³-hybridized carbons (Fsp3) is 0.650. The minimum atomic E-state index is 0. The van der Waals surface area contributed by atoms with Crippen molar-refractivity contribution in [2.75, 3.05) is 40.3 Å². The highest BCUT2D eigenvalue weighted by molar-refractivity contribution is 14.0. The highest BCUT2D eigenvalue weighted by Gasteiger charge is 2.14. The maximum absolute atomic E-state index is 4.71. The summed E-state index contributed by atoms with van der Waals surface area (Å²) in [5.74, 6) is 1.90. The van der Waals surface area contributed by atoms with E-state index in [-0.39, 0.29) is 24.0 Å². The number of aliphatic imine (C=N–C) groups is 1. The van der Waals surface area contributed by atoms with Crippen LogP contribution in [0.25, 0.3) is 0 Å². The lowest BCUT2D eigenvalue weighted by Gasteiger charge is -2.30. The molecule has 1 fully saturated rings. The van der Waals surface area contributed by atoms with Gasteiger partial charge in [0.15, 0.2) is 5.96 Å². The van der Waals surface area contributed by atoms with E-state index in [4.69, 9.17) is 4.99 Å². The van der Waals surface area contributed by atoms with Crippen LogP contribution in [0.4, 0.5) is 0 Å². The molecule has 1 N–H and O–H groups in total. The van der Waals surface area contributed by atoms with Gasteiger partial charge in [-0.2, -0.15) is 0 Å². The fourth-order valence-corrected chi connectivity index (χ4v) is 3.05. The lowest BCUT2D eigenvalue weighted by atomic mass is 9.99. The first kappa shape index (κ1) is 22.2. The number of nitrogens with one attached hydrogen (secondary N) is 1. The van der Waals surface area contributed by atoms with Gasteiger partial charge < -0.3 is 15.1 Å². The van der Waals surface area contributed by atoms with Gasteiger partial charge in [-0.1, -0.05) is 37.3 Å². The molecule has 1 heterocycles. The summed E-state index contributed by atoms with van der Waals surface area (Å²) in [5.41, 5.74) is 1.25. The van der Waals surface area contributed by atoms with Gasteiger partial charge in [-0.15, -0.1) is 24.0 Å². The van der Waals surface area contributed by atoms with Crippen molar-refractivity contribution in [2.45, 2.75) is 39.2 Å². The van der Waals surface area contributed by atoms with Gasteiger partial charge in [-0.25, -0.2) is 4.99 Å². The standard InChI is InChI=1S/C20H34N4.HI/c1-18-11-15-24(16-12-18)14-8-7-13-21-20(23(2)3)22-17-19-9-5-4-6-10-19;/h4-6,9-10,18H,7-8,11-17H2,1-3H3,(H,21,22);1H. The molecule has 0 atom stereocenters. The Hall–Kier alpha value is -0.820. The minimum absolute atomic E-state index is 0. The Morgan fingerprint density at radius 2 is 1.84 bits per heavy atom. The van der Waals surface area contributed by atoms with Gasteiger partial charge in [-0.05, 0) is 56.8 Å². The first-order valence-corrected chi connectivity index (χ1v) is 9.37. The zero-order valence-corrected chi connectivity index (χ0v) is 18.4. The van der Waals surface area contributed by atoms with Crippen molar-refractivity contribution in [2.24, 2.45) is 10.9 Å². The second kappa shape index (κ2) is 12.5. The first-order chi connectivity index (χ1) is 11.6. The molecule has 0 unspecified atom stereocenters. The lowest BCUT2D eigenvalue weighted by Crippen LogP contribution is -2.37. The van der Waals surface area contributed by atoms with Crippen molar-refractivity contribution in [3.05, 3.63) is 35.9 Å². The van der Waals surface area contributed by atoms with Crippen molar-refractivity contribution in [1.29, 1.82) is 0 Å². The van der Waals surface area contributed by atoms with Crippen LogP contribution in [0.1, 0.15) is 38.2 Å². The van der Waals surface area contributed by atoms with Crippen molar-refractivity contribution in [3.8, 4) is 0 Å². The molecule has 0 aromatic heterocycles. The molecule has 2 rings (SSSR count). The number of halogens is 1. The Morgan fingerprint density at radius 3 is 2.48 bits per heavy atom. The quantitative estimate of drug-likeness (QED) is 0.292. The van der Waals surface area contributed by atoms with E-state index >= 15 is 0 Å². The molecule has 0 radical (unpaired) electrons. The number of nitrogens with zero attached hydrogens (tertiary/aromatic N) is 3. The molecule has 4 nitrogen and oxygen atoms in total. The zero-order chi connectivity index (χ0) is 17.2. The summed E-state index contributed by atoms with van der Waals surface area (Å²) in [4.78, 5) is 9.40. The molecule has 0 saturated carbocycles. The van der Waals surface area contributed by atoms with E-state index in [9.17, 15) is 0 Å². The average Bonchev–Trinajstić information content (AvgIpc) is 2.59. The van der Waals surface area contributed by atoms with E-state index < -0.39 is 0 Å². The van der Waals surface area contributed by atoms with Gasteiger partial charge in [0.05, 0.1) is 6.54 Å². The maximum atomic E-state index is 4.71. The van der Waals surface area contributed by atoms with Crippen molar-refractivity contribution in [3.63, 3.8) is 0 Å². The largest absolute Gasteiger partial charge is 0.356 e. The van der Waals surface area contributed by atoms with E-state index in [1.165, 1.54) is 50.9 Å². The predicted octanol–water partition coefficient (Wildman–Crippen LogP) is 3.82. The van der Waals surface area contributed by atoms with Crippen molar-refractivity contribution in [1.82, 2.24) is 15.1 Å². The summed E-state index contributed by atoms with van der Waals surface area (Å²) in [6.07, 6.45) is 5.20. The molecule has 1 aromatic rings. The van der Waals surface area contributed by atoms with Gasteiger partial charge in [0.25, 0.3) is 0 Å². The van der Waals surface area contributed by atoms with Crippen molar-refractivity contribution >= 4 is 29.9 Å². The number of likely N-dealkylation sites (tertiary alicyclic amines) is 1. The smallest absolute Gasteiger partial charge is 0.193 e.